The average molecular weight is 543 g/mol. The molecule has 0 radical (unpaired) electrons. The summed E-state index contributed by atoms with van der Waals surface area (Å²) in [6.07, 6.45) is 5.81. The molecule has 5 nitrogen and oxygen atoms in total. The van der Waals surface area contributed by atoms with E-state index in [1.807, 2.05) is 60.7 Å². The highest BCUT2D eigenvalue weighted by Gasteiger charge is 2.35. The molecule has 35 heavy (non-hydrogen) atoms. The number of carbonyl (C=O) groups excluding carboxylic acids is 2. The summed E-state index contributed by atoms with van der Waals surface area (Å²) in [5.41, 5.74) is 1.98. The number of allylic oxidation sites excluding steroid dienone is 5. The molecule has 0 aromatic heterocycles. The Bertz CT molecular complexity index is 1270. The van der Waals surface area contributed by atoms with Gasteiger partial charge in [-0.2, -0.15) is 0 Å². The predicted molar refractivity (Wildman–Crippen MR) is 146 cm³/mol. The number of carbonyl (C=O) groups is 2. The molecule has 2 aliphatic heterocycles. The van der Waals surface area contributed by atoms with Crippen LogP contribution in [0.5, 0.6) is 0 Å². The molecular formula is C26H21Cl2N3O2S2. The number of hydrogen-bond donors (Lipinski definition) is 2. The van der Waals surface area contributed by atoms with Crippen molar-refractivity contribution >= 4 is 69.8 Å². The quantitative estimate of drug-likeness (QED) is 0.464. The summed E-state index contributed by atoms with van der Waals surface area (Å²) < 4.78 is 0. The lowest BCUT2D eigenvalue weighted by Gasteiger charge is -2.33. The van der Waals surface area contributed by atoms with Crippen molar-refractivity contribution in [3.8, 4) is 0 Å². The first-order valence-electron chi connectivity index (χ1n) is 11.0. The normalized spacial score (nSPS) is 24.0. The standard InChI is InChI=1S/C26H21Cl2N3O2S2/c27-16-6-9-19(10-7-16)34-14-18-13-22(32)31-26(29-18)35-24-23(15-4-2-1-3-5-15)20-12-17(28)8-11-21(20)30-25(24)33/h1-12,18,20,26,29H,13-14H2,(H,31,32). The van der Waals surface area contributed by atoms with E-state index in [-0.39, 0.29) is 23.8 Å². The lowest BCUT2D eigenvalue weighted by Crippen LogP contribution is -2.55. The van der Waals surface area contributed by atoms with Crippen LogP contribution in [0.25, 0.3) is 5.57 Å². The van der Waals surface area contributed by atoms with E-state index in [9.17, 15) is 9.59 Å². The largest absolute Gasteiger partial charge is 0.331 e. The van der Waals surface area contributed by atoms with Crippen molar-refractivity contribution in [2.45, 2.75) is 22.9 Å². The van der Waals surface area contributed by atoms with Crippen molar-refractivity contribution in [3.05, 3.63) is 93.3 Å². The zero-order valence-electron chi connectivity index (χ0n) is 18.4. The fourth-order valence-corrected chi connectivity index (χ4v) is 6.59. The maximum atomic E-state index is 13.2. The lowest BCUT2D eigenvalue weighted by molar-refractivity contribution is -0.123. The van der Waals surface area contributed by atoms with Crippen LogP contribution in [0.3, 0.4) is 0 Å². The molecule has 2 aromatic carbocycles. The molecule has 2 heterocycles. The third kappa shape index (κ3) is 5.76. The molecule has 3 atom stereocenters. The van der Waals surface area contributed by atoms with E-state index in [0.29, 0.717) is 32.8 Å². The summed E-state index contributed by atoms with van der Waals surface area (Å²) in [6, 6.07) is 17.4. The number of benzene rings is 2. The minimum atomic E-state index is -0.458. The van der Waals surface area contributed by atoms with Gasteiger partial charge in [-0.1, -0.05) is 71.4 Å². The molecule has 1 aliphatic carbocycles. The highest BCUT2D eigenvalue weighted by Crippen LogP contribution is 2.41. The molecule has 0 saturated carbocycles. The summed E-state index contributed by atoms with van der Waals surface area (Å²) in [4.78, 5) is 31.6. The van der Waals surface area contributed by atoms with Crippen molar-refractivity contribution in [3.63, 3.8) is 0 Å². The van der Waals surface area contributed by atoms with Crippen LogP contribution in [-0.4, -0.2) is 34.8 Å². The first-order chi connectivity index (χ1) is 17.0. The van der Waals surface area contributed by atoms with Crippen molar-refractivity contribution in [2.75, 3.05) is 5.75 Å². The minimum Gasteiger partial charge on any atom is -0.331 e. The smallest absolute Gasteiger partial charge is 0.284 e. The number of aliphatic imine (C=N–C) groups is 1. The average Bonchev–Trinajstić information content (AvgIpc) is 2.85. The van der Waals surface area contributed by atoms with Crippen LogP contribution in [-0.2, 0) is 9.59 Å². The molecule has 0 bridgehead atoms. The van der Waals surface area contributed by atoms with E-state index in [0.717, 1.165) is 16.0 Å². The molecule has 3 aliphatic rings. The Kier molecular flexibility index (Phi) is 7.51. The maximum Gasteiger partial charge on any atom is 0.284 e. The SMILES string of the molecule is O=C1CC(CSc2ccc(Cl)cc2)NC(SC2=C(c3ccccc3)C3C=C(Cl)C=CC3=NC2=O)N1. The number of fused-ring (bicyclic) bond motifs is 1. The van der Waals surface area contributed by atoms with Crippen molar-refractivity contribution in [1.82, 2.24) is 10.6 Å². The molecule has 0 spiro atoms. The summed E-state index contributed by atoms with van der Waals surface area (Å²) in [5, 5.41) is 7.74. The third-order valence-corrected chi connectivity index (χ3v) is 8.53. The number of amides is 2. The second-order valence-electron chi connectivity index (χ2n) is 8.21. The van der Waals surface area contributed by atoms with Crippen LogP contribution in [0.15, 0.2) is 92.7 Å². The molecule has 2 aromatic rings. The monoisotopic (exact) mass is 541 g/mol. The Morgan fingerprint density at radius 1 is 1.00 bits per heavy atom. The molecule has 1 saturated heterocycles. The van der Waals surface area contributed by atoms with Crippen molar-refractivity contribution in [1.29, 1.82) is 0 Å². The summed E-state index contributed by atoms with van der Waals surface area (Å²) in [5.74, 6) is 0.106. The Morgan fingerprint density at radius 2 is 1.77 bits per heavy atom. The van der Waals surface area contributed by atoms with Crippen LogP contribution in [0.2, 0.25) is 5.02 Å². The summed E-state index contributed by atoms with van der Waals surface area (Å²) in [7, 11) is 0. The number of rotatable bonds is 6. The van der Waals surface area contributed by atoms with E-state index in [2.05, 4.69) is 15.6 Å². The topological polar surface area (TPSA) is 70.6 Å². The van der Waals surface area contributed by atoms with Gasteiger partial charge in [0.1, 0.15) is 5.50 Å². The van der Waals surface area contributed by atoms with E-state index < -0.39 is 5.50 Å². The van der Waals surface area contributed by atoms with Crippen LogP contribution >= 0.6 is 46.7 Å². The van der Waals surface area contributed by atoms with Crippen molar-refractivity contribution < 1.29 is 9.59 Å². The molecule has 3 unspecified atom stereocenters. The maximum absolute atomic E-state index is 13.2. The molecule has 2 N–H and O–H groups in total. The van der Waals surface area contributed by atoms with Crippen molar-refractivity contribution in [2.24, 2.45) is 10.9 Å². The van der Waals surface area contributed by atoms with Gasteiger partial charge in [0.05, 0.1) is 10.6 Å². The van der Waals surface area contributed by atoms with Gasteiger partial charge in [0.25, 0.3) is 5.91 Å². The summed E-state index contributed by atoms with van der Waals surface area (Å²) >= 11 is 15.3. The lowest BCUT2D eigenvalue weighted by atomic mass is 9.84. The van der Waals surface area contributed by atoms with Crippen LogP contribution < -0.4 is 10.6 Å². The van der Waals surface area contributed by atoms with Crippen LogP contribution in [0.4, 0.5) is 0 Å². The second kappa shape index (κ2) is 10.8. The van der Waals surface area contributed by atoms with Gasteiger partial charge in [-0.25, -0.2) is 4.99 Å². The molecule has 178 valence electrons. The highest BCUT2D eigenvalue weighted by atomic mass is 35.5. The van der Waals surface area contributed by atoms with Gasteiger partial charge in [-0.3, -0.25) is 14.9 Å². The Hall–Kier alpha value is -2.29. The zero-order valence-corrected chi connectivity index (χ0v) is 21.6. The van der Waals surface area contributed by atoms with Gasteiger partial charge >= 0.3 is 0 Å². The molecule has 1 fully saturated rings. The van der Waals surface area contributed by atoms with Crippen LogP contribution in [0.1, 0.15) is 12.0 Å². The number of nitrogens with zero attached hydrogens (tertiary/aromatic N) is 1. The number of nitrogens with one attached hydrogen (secondary N) is 2. The van der Waals surface area contributed by atoms with E-state index in [1.165, 1.54) is 11.8 Å². The van der Waals surface area contributed by atoms with Gasteiger partial charge in [-0.15, -0.1) is 11.8 Å². The molecular weight excluding hydrogens is 521 g/mol. The Labute approximate surface area is 222 Å². The van der Waals surface area contributed by atoms with E-state index in [4.69, 9.17) is 23.2 Å². The van der Waals surface area contributed by atoms with Gasteiger partial charge in [-0.05, 0) is 47.6 Å². The summed E-state index contributed by atoms with van der Waals surface area (Å²) in [6.45, 7) is 0. The number of halogens is 2. The van der Waals surface area contributed by atoms with E-state index >= 15 is 0 Å². The first kappa shape index (κ1) is 24.4. The fourth-order valence-electron chi connectivity index (χ4n) is 4.13. The minimum absolute atomic E-state index is 0.0487. The fraction of sp³-hybridized carbons (Fsp3) is 0.192. The third-order valence-electron chi connectivity index (χ3n) is 5.73. The Balaban J connectivity index is 1.39. The molecule has 9 heteroatoms. The highest BCUT2D eigenvalue weighted by molar-refractivity contribution is 8.04. The zero-order chi connectivity index (χ0) is 24.4. The van der Waals surface area contributed by atoms with Gasteiger partial charge in [0.15, 0.2) is 0 Å². The molecule has 5 rings (SSSR count). The first-order valence-corrected chi connectivity index (χ1v) is 13.7. The van der Waals surface area contributed by atoms with Crippen LogP contribution in [0, 0.1) is 5.92 Å². The van der Waals surface area contributed by atoms with Gasteiger partial charge < -0.3 is 5.32 Å². The van der Waals surface area contributed by atoms with E-state index in [1.54, 1.807) is 23.9 Å². The number of hydrogen-bond acceptors (Lipinski definition) is 5. The number of dihydropyridines is 1. The van der Waals surface area contributed by atoms with Gasteiger partial charge in [0, 0.05) is 39.1 Å². The second-order valence-corrected chi connectivity index (χ2v) is 11.3. The Morgan fingerprint density at radius 3 is 2.54 bits per heavy atom. The predicted octanol–water partition coefficient (Wildman–Crippen LogP) is 5.63. The molecule has 2 amide bonds. The van der Waals surface area contributed by atoms with Gasteiger partial charge in [0.2, 0.25) is 5.91 Å². The number of thioether (sulfide) groups is 2.